The van der Waals surface area contributed by atoms with E-state index in [0.29, 0.717) is 18.6 Å². The van der Waals surface area contributed by atoms with E-state index < -0.39 is 0 Å². The van der Waals surface area contributed by atoms with Crippen molar-refractivity contribution in [2.75, 3.05) is 44.2 Å². The average molecular weight is 347 g/mol. The summed E-state index contributed by atoms with van der Waals surface area (Å²) in [6, 6.07) is 15.6. The topological polar surface area (TPSA) is 76.2 Å². The monoisotopic (exact) mass is 347 g/mol. The van der Waals surface area contributed by atoms with Gasteiger partial charge in [-0.2, -0.15) is 10.5 Å². The van der Waals surface area contributed by atoms with E-state index in [9.17, 15) is 0 Å². The molecule has 3 rings (SSSR count). The lowest BCUT2D eigenvalue weighted by Crippen LogP contribution is -2.47. The predicted octanol–water partition coefficient (Wildman–Crippen LogP) is 2.22. The van der Waals surface area contributed by atoms with Gasteiger partial charge in [0, 0.05) is 38.9 Å². The molecule has 0 N–H and O–H groups in total. The van der Waals surface area contributed by atoms with Crippen molar-refractivity contribution in [3.63, 3.8) is 0 Å². The van der Waals surface area contributed by atoms with Crippen LogP contribution in [0.2, 0.25) is 0 Å². The maximum atomic E-state index is 9.00. The highest BCUT2D eigenvalue weighted by Crippen LogP contribution is 2.15. The summed E-state index contributed by atoms with van der Waals surface area (Å²) >= 11 is 0. The number of benzene rings is 1. The number of aromatic nitrogens is 1. The normalized spacial score (nSPS) is 14.5. The quantitative estimate of drug-likeness (QED) is 0.797. The van der Waals surface area contributed by atoms with Crippen LogP contribution in [0.1, 0.15) is 11.1 Å². The highest BCUT2D eigenvalue weighted by molar-refractivity contribution is 5.45. The summed E-state index contributed by atoms with van der Waals surface area (Å²) in [4.78, 5) is 8.95. The molecule has 132 valence electrons. The zero-order valence-electron chi connectivity index (χ0n) is 14.6. The minimum atomic E-state index is 0.427. The lowest BCUT2D eigenvalue weighted by Gasteiger charge is -2.35. The number of hydrogen-bond donors (Lipinski definition) is 0. The van der Waals surface area contributed by atoms with E-state index in [2.05, 4.69) is 26.9 Å². The molecule has 2 aromatic rings. The Bertz CT molecular complexity index is 798. The number of piperazine rings is 1. The van der Waals surface area contributed by atoms with Gasteiger partial charge in [0.2, 0.25) is 0 Å². The lowest BCUT2D eigenvalue weighted by atomic mass is 10.2. The van der Waals surface area contributed by atoms with Crippen molar-refractivity contribution in [1.29, 1.82) is 10.5 Å². The van der Waals surface area contributed by atoms with Crippen LogP contribution in [-0.4, -0.2) is 49.2 Å². The molecule has 0 bridgehead atoms. The molecule has 1 aliphatic heterocycles. The minimum absolute atomic E-state index is 0.427. The second kappa shape index (κ2) is 8.84. The number of nitrogens with zero attached hydrogens (tertiary/aromatic N) is 5. The summed E-state index contributed by atoms with van der Waals surface area (Å²) < 4.78 is 5.80. The first-order chi connectivity index (χ1) is 12.8. The van der Waals surface area contributed by atoms with Crippen molar-refractivity contribution in [2.45, 2.75) is 6.42 Å². The van der Waals surface area contributed by atoms with Gasteiger partial charge < -0.3 is 9.64 Å². The third-order valence-corrected chi connectivity index (χ3v) is 4.45. The van der Waals surface area contributed by atoms with Crippen LogP contribution in [0.25, 0.3) is 0 Å². The zero-order chi connectivity index (χ0) is 18.2. The van der Waals surface area contributed by atoms with Gasteiger partial charge in [0.25, 0.3) is 0 Å². The Morgan fingerprint density at radius 1 is 1.04 bits per heavy atom. The summed E-state index contributed by atoms with van der Waals surface area (Å²) in [5.74, 6) is 1.71. The van der Waals surface area contributed by atoms with Crippen LogP contribution in [0.5, 0.6) is 5.75 Å². The van der Waals surface area contributed by atoms with E-state index in [1.165, 1.54) is 0 Å². The Morgan fingerprint density at radius 3 is 2.50 bits per heavy atom. The maximum Gasteiger partial charge on any atom is 0.129 e. The van der Waals surface area contributed by atoms with Crippen molar-refractivity contribution < 1.29 is 4.74 Å². The predicted molar refractivity (Wildman–Crippen MR) is 98.9 cm³/mol. The molecule has 1 aliphatic rings. The van der Waals surface area contributed by atoms with Crippen molar-refractivity contribution in [3.8, 4) is 17.9 Å². The Labute approximate surface area is 153 Å². The lowest BCUT2D eigenvalue weighted by molar-refractivity contribution is 0.200. The van der Waals surface area contributed by atoms with Gasteiger partial charge in [0.15, 0.2) is 0 Å². The first-order valence-electron chi connectivity index (χ1n) is 8.70. The second-order valence-electron chi connectivity index (χ2n) is 6.17. The van der Waals surface area contributed by atoms with E-state index >= 15 is 0 Å². The minimum Gasteiger partial charge on any atom is -0.492 e. The second-order valence-corrected chi connectivity index (χ2v) is 6.17. The third kappa shape index (κ3) is 4.72. The van der Waals surface area contributed by atoms with Crippen molar-refractivity contribution in [2.24, 2.45) is 0 Å². The molecule has 26 heavy (non-hydrogen) atoms. The number of nitriles is 2. The van der Waals surface area contributed by atoms with E-state index in [1.807, 2.05) is 30.3 Å². The summed E-state index contributed by atoms with van der Waals surface area (Å²) in [6.07, 6.45) is 2.12. The van der Waals surface area contributed by atoms with Crippen molar-refractivity contribution in [3.05, 3.63) is 53.7 Å². The smallest absolute Gasteiger partial charge is 0.129 e. The molecule has 0 radical (unpaired) electrons. The van der Waals surface area contributed by atoms with E-state index in [4.69, 9.17) is 15.3 Å². The molecule has 0 atom stereocenters. The first-order valence-corrected chi connectivity index (χ1v) is 8.70. The molecular formula is C20H21N5O. The SMILES string of the molecule is N#CCc1ccc(OCCN2CCN(c3cc(C#N)ccn3)CC2)cc1. The molecule has 0 aliphatic carbocycles. The molecule has 1 fully saturated rings. The number of pyridine rings is 1. The molecule has 6 heteroatoms. The molecule has 6 nitrogen and oxygen atoms in total. The summed E-state index contributed by atoms with van der Waals surface area (Å²) in [5.41, 5.74) is 1.65. The summed E-state index contributed by atoms with van der Waals surface area (Å²) in [7, 11) is 0. The molecule has 1 aromatic carbocycles. The Hall–Kier alpha value is -3.09. The van der Waals surface area contributed by atoms with Gasteiger partial charge in [0.1, 0.15) is 18.2 Å². The highest BCUT2D eigenvalue weighted by atomic mass is 16.5. The summed E-state index contributed by atoms with van der Waals surface area (Å²) in [6.45, 7) is 5.19. The fourth-order valence-electron chi connectivity index (χ4n) is 2.95. The van der Waals surface area contributed by atoms with Crippen LogP contribution in [0.4, 0.5) is 5.82 Å². The molecule has 0 spiro atoms. The van der Waals surface area contributed by atoms with Crippen LogP contribution in [0.15, 0.2) is 42.6 Å². The summed E-state index contributed by atoms with van der Waals surface area (Å²) in [5, 5.41) is 17.7. The Balaban J connectivity index is 1.41. The number of anilines is 1. The Kier molecular flexibility index (Phi) is 6.03. The molecule has 1 aromatic heterocycles. The Morgan fingerprint density at radius 2 is 1.81 bits per heavy atom. The average Bonchev–Trinajstić information content (AvgIpc) is 2.70. The number of hydrogen-bond acceptors (Lipinski definition) is 6. The van der Waals surface area contributed by atoms with E-state index in [-0.39, 0.29) is 0 Å². The molecular weight excluding hydrogens is 326 g/mol. The van der Waals surface area contributed by atoms with Crippen LogP contribution in [0.3, 0.4) is 0 Å². The molecule has 0 unspecified atom stereocenters. The van der Waals surface area contributed by atoms with Crippen molar-refractivity contribution >= 4 is 5.82 Å². The van der Waals surface area contributed by atoms with Gasteiger partial charge in [0.05, 0.1) is 24.1 Å². The van der Waals surface area contributed by atoms with Crippen LogP contribution < -0.4 is 9.64 Å². The highest BCUT2D eigenvalue weighted by Gasteiger charge is 2.18. The molecule has 0 amide bonds. The number of ether oxygens (including phenoxy) is 1. The maximum absolute atomic E-state index is 9.00. The van der Waals surface area contributed by atoms with Gasteiger partial charge >= 0.3 is 0 Å². The molecule has 2 heterocycles. The molecule has 0 saturated carbocycles. The fraction of sp³-hybridized carbons (Fsp3) is 0.350. The van der Waals surface area contributed by atoms with Gasteiger partial charge in [-0.1, -0.05) is 12.1 Å². The van der Waals surface area contributed by atoms with Gasteiger partial charge in [-0.05, 0) is 29.8 Å². The number of rotatable bonds is 6. The van der Waals surface area contributed by atoms with Crippen LogP contribution in [-0.2, 0) is 6.42 Å². The first kappa shape index (κ1) is 17.7. The fourth-order valence-corrected chi connectivity index (χ4v) is 2.95. The third-order valence-electron chi connectivity index (χ3n) is 4.45. The van der Waals surface area contributed by atoms with Crippen LogP contribution >= 0.6 is 0 Å². The largest absolute Gasteiger partial charge is 0.492 e. The van der Waals surface area contributed by atoms with Gasteiger partial charge in [-0.25, -0.2) is 4.98 Å². The van der Waals surface area contributed by atoms with Crippen LogP contribution in [0, 0.1) is 22.7 Å². The van der Waals surface area contributed by atoms with Gasteiger partial charge in [-0.3, -0.25) is 4.90 Å². The van der Waals surface area contributed by atoms with Gasteiger partial charge in [-0.15, -0.1) is 0 Å². The van der Waals surface area contributed by atoms with Crippen molar-refractivity contribution in [1.82, 2.24) is 9.88 Å². The zero-order valence-corrected chi connectivity index (χ0v) is 14.6. The molecule has 1 saturated heterocycles. The van der Waals surface area contributed by atoms with E-state index in [1.54, 1.807) is 12.3 Å². The standard InChI is InChI=1S/C20H21N5O/c21-7-5-17-1-3-19(4-2-17)26-14-13-24-9-11-25(12-10-24)20-15-18(16-22)6-8-23-20/h1-4,6,8,15H,5,9-14H2. The van der Waals surface area contributed by atoms with E-state index in [0.717, 1.165) is 49.9 Å².